The summed E-state index contributed by atoms with van der Waals surface area (Å²) in [6.45, 7) is 6.71. The molecule has 1 aliphatic heterocycles. The first-order valence-corrected chi connectivity index (χ1v) is 11.2. The van der Waals surface area contributed by atoms with Gasteiger partial charge in [-0.3, -0.25) is 9.36 Å². The van der Waals surface area contributed by atoms with E-state index in [2.05, 4.69) is 15.5 Å². The lowest BCUT2D eigenvalue weighted by Crippen LogP contribution is -2.48. The summed E-state index contributed by atoms with van der Waals surface area (Å²) >= 11 is 1.36. The van der Waals surface area contributed by atoms with Gasteiger partial charge in [-0.15, -0.1) is 10.2 Å². The monoisotopic (exact) mass is 447 g/mol. The molecule has 1 aromatic carbocycles. The molecule has 0 spiro atoms. The fourth-order valence-electron chi connectivity index (χ4n) is 3.21. The van der Waals surface area contributed by atoms with Gasteiger partial charge >= 0.3 is 6.09 Å². The van der Waals surface area contributed by atoms with Gasteiger partial charge in [0, 0.05) is 24.8 Å². The number of nitrogens with one attached hydrogen (secondary N) is 1. The van der Waals surface area contributed by atoms with Crippen LogP contribution in [0.2, 0.25) is 0 Å². The molecule has 2 heterocycles. The fourth-order valence-corrected chi connectivity index (χ4v) is 4.04. The van der Waals surface area contributed by atoms with Crippen molar-refractivity contribution in [1.29, 1.82) is 0 Å². The Labute approximate surface area is 186 Å². The maximum atomic E-state index is 12.7. The molecule has 0 aliphatic carbocycles. The van der Waals surface area contributed by atoms with E-state index in [1.54, 1.807) is 13.4 Å². The molecule has 0 radical (unpaired) electrons. The molecule has 10 heteroatoms. The first-order chi connectivity index (χ1) is 14.7. The van der Waals surface area contributed by atoms with E-state index in [4.69, 9.17) is 9.47 Å². The molecule has 9 nitrogen and oxygen atoms in total. The molecular formula is C21H29N5O4S. The molecule has 0 bridgehead atoms. The Morgan fingerprint density at radius 3 is 2.48 bits per heavy atom. The minimum absolute atomic E-state index is 0.0183. The van der Waals surface area contributed by atoms with E-state index in [1.165, 1.54) is 11.8 Å². The van der Waals surface area contributed by atoms with E-state index in [-0.39, 0.29) is 17.7 Å². The normalized spacial score (nSPS) is 14.9. The van der Waals surface area contributed by atoms with Crippen LogP contribution in [0.5, 0.6) is 5.75 Å². The summed E-state index contributed by atoms with van der Waals surface area (Å²) in [5.74, 6) is 1.09. The molecular weight excluding hydrogens is 418 g/mol. The van der Waals surface area contributed by atoms with Gasteiger partial charge in [0.25, 0.3) is 0 Å². The van der Waals surface area contributed by atoms with E-state index < -0.39 is 11.7 Å². The van der Waals surface area contributed by atoms with Crippen LogP contribution in [0.25, 0.3) is 5.69 Å². The van der Waals surface area contributed by atoms with Gasteiger partial charge in [-0.05, 0) is 57.9 Å². The first kappa shape index (κ1) is 22.9. The molecule has 1 fully saturated rings. The van der Waals surface area contributed by atoms with Crippen LogP contribution < -0.4 is 10.1 Å². The van der Waals surface area contributed by atoms with E-state index in [1.807, 2.05) is 54.5 Å². The van der Waals surface area contributed by atoms with Crippen LogP contribution in [-0.4, -0.2) is 69.3 Å². The predicted molar refractivity (Wildman–Crippen MR) is 118 cm³/mol. The molecule has 0 saturated carbocycles. The number of hydrogen-bond acceptors (Lipinski definition) is 7. The second-order valence-electron chi connectivity index (χ2n) is 8.27. The molecule has 1 aliphatic rings. The Morgan fingerprint density at radius 2 is 1.87 bits per heavy atom. The van der Waals surface area contributed by atoms with Crippen LogP contribution in [0, 0.1) is 0 Å². The summed E-state index contributed by atoms with van der Waals surface area (Å²) in [6.07, 6.45) is 2.63. The third-order valence-electron chi connectivity index (χ3n) is 4.76. The largest absolute Gasteiger partial charge is 0.497 e. The summed E-state index contributed by atoms with van der Waals surface area (Å²) in [6, 6.07) is 7.58. The van der Waals surface area contributed by atoms with Gasteiger partial charge in [0.2, 0.25) is 5.91 Å². The number of methoxy groups -OCH3 is 1. The van der Waals surface area contributed by atoms with Crippen LogP contribution in [-0.2, 0) is 9.53 Å². The number of hydrogen-bond donors (Lipinski definition) is 1. The number of aromatic nitrogens is 3. The second-order valence-corrected chi connectivity index (χ2v) is 9.21. The number of benzene rings is 1. The number of rotatable bonds is 6. The maximum Gasteiger partial charge on any atom is 0.407 e. The minimum Gasteiger partial charge on any atom is -0.497 e. The number of nitrogens with zero attached hydrogens (tertiary/aromatic N) is 4. The van der Waals surface area contributed by atoms with Crippen molar-refractivity contribution in [2.24, 2.45) is 0 Å². The highest BCUT2D eigenvalue weighted by Crippen LogP contribution is 2.22. The molecule has 1 saturated heterocycles. The van der Waals surface area contributed by atoms with E-state index in [9.17, 15) is 9.59 Å². The number of carbonyl (C=O) groups is 2. The van der Waals surface area contributed by atoms with Gasteiger partial charge in [0.05, 0.1) is 12.9 Å². The minimum atomic E-state index is -0.523. The summed E-state index contributed by atoms with van der Waals surface area (Å²) < 4.78 is 12.3. The molecule has 0 atom stereocenters. The first-order valence-electron chi connectivity index (χ1n) is 10.2. The number of thioether (sulfide) groups is 1. The summed E-state index contributed by atoms with van der Waals surface area (Å²) in [7, 11) is 1.62. The summed E-state index contributed by atoms with van der Waals surface area (Å²) in [5, 5.41) is 11.7. The lowest BCUT2D eigenvalue weighted by Gasteiger charge is -2.32. The Kier molecular flexibility index (Phi) is 7.42. The SMILES string of the molecule is COc1ccc(-n2cnnc2SCC(=O)N2CCC(NC(=O)OC(C)(C)C)CC2)cc1. The Balaban J connectivity index is 1.47. The quantitative estimate of drug-likeness (QED) is 0.680. The zero-order chi connectivity index (χ0) is 22.4. The topological polar surface area (TPSA) is 98.6 Å². The van der Waals surface area contributed by atoms with Gasteiger partial charge in [0.1, 0.15) is 17.7 Å². The van der Waals surface area contributed by atoms with Crippen LogP contribution >= 0.6 is 11.8 Å². The summed E-state index contributed by atoms with van der Waals surface area (Å²) in [5.41, 5.74) is 0.374. The number of likely N-dealkylation sites (tertiary alicyclic amines) is 1. The molecule has 168 valence electrons. The summed E-state index contributed by atoms with van der Waals surface area (Å²) in [4.78, 5) is 26.4. The fraction of sp³-hybridized carbons (Fsp3) is 0.524. The molecule has 1 aromatic heterocycles. The maximum absolute atomic E-state index is 12.7. The van der Waals surface area contributed by atoms with Gasteiger partial charge < -0.3 is 19.7 Å². The molecule has 2 aromatic rings. The molecule has 31 heavy (non-hydrogen) atoms. The van der Waals surface area contributed by atoms with Crippen molar-refractivity contribution >= 4 is 23.8 Å². The standard InChI is InChI=1S/C21H29N5O4S/c1-21(2,3)30-20(28)23-15-9-11-25(12-10-15)18(27)13-31-19-24-22-14-26(19)16-5-7-17(29-4)8-6-16/h5-8,14-15H,9-13H2,1-4H3,(H,23,28). The predicted octanol–water partition coefficient (Wildman–Crippen LogP) is 2.88. The third kappa shape index (κ3) is 6.61. The zero-order valence-corrected chi connectivity index (χ0v) is 19.1. The van der Waals surface area contributed by atoms with Crippen molar-refractivity contribution in [3.05, 3.63) is 30.6 Å². The van der Waals surface area contributed by atoms with Gasteiger partial charge in [-0.1, -0.05) is 11.8 Å². The number of carbonyl (C=O) groups excluding carboxylic acids is 2. The highest BCUT2D eigenvalue weighted by molar-refractivity contribution is 7.99. The van der Waals surface area contributed by atoms with Crippen LogP contribution in [0.15, 0.2) is 35.7 Å². The van der Waals surface area contributed by atoms with Crippen molar-refractivity contribution in [3.63, 3.8) is 0 Å². The molecule has 1 N–H and O–H groups in total. The lowest BCUT2D eigenvalue weighted by molar-refractivity contribution is -0.129. The number of alkyl carbamates (subject to hydrolysis) is 1. The zero-order valence-electron chi connectivity index (χ0n) is 18.3. The Morgan fingerprint density at radius 1 is 1.19 bits per heavy atom. The molecule has 3 rings (SSSR count). The molecule has 0 unspecified atom stereocenters. The number of piperidine rings is 1. The van der Waals surface area contributed by atoms with Gasteiger partial charge in [-0.25, -0.2) is 4.79 Å². The smallest absolute Gasteiger partial charge is 0.407 e. The Hall–Kier alpha value is -2.75. The van der Waals surface area contributed by atoms with E-state index >= 15 is 0 Å². The van der Waals surface area contributed by atoms with Crippen molar-refractivity contribution in [1.82, 2.24) is 25.0 Å². The van der Waals surface area contributed by atoms with Gasteiger partial charge in [-0.2, -0.15) is 0 Å². The highest BCUT2D eigenvalue weighted by atomic mass is 32.2. The van der Waals surface area contributed by atoms with E-state index in [0.29, 0.717) is 31.1 Å². The highest BCUT2D eigenvalue weighted by Gasteiger charge is 2.26. The average Bonchev–Trinajstić information content (AvgIpc) is 3.20. The van der Waals surface area contributed by atoms with Crippen molar-refractivity contribution in [2.45, 2.75) is 50.4 Å². The van der Waals surface area contributed by atoms with Crippen molar-refractivity contribution in [2.75, 3.05) is 26.0 Å². The third-order valence-corrected chi connectivity index (χ3v) is 5.69. The van der Waals surface area contributed by atoms with Crippen molar-refractivity contribution < 1.29 is 19.1 Å². The van der Waals surface area contributed by atoms with Crippen LogP contribution in [0.1, 0.15) is 33.6 Å². The van der Waals surface area contributed by atoms with Crippen LogP contribution in [0.3, 0.4) is 0 Å². The van der Waals surface area contributed by atoms with E-state index in [0.717, 1.165) is 11.4 Å². The van der Waals surface area contributed by atoms with Crippen molar-refractivity contribution in [3.8, 4) is 11.4 Å². The molecule has 2 amide bonds. The lowest BCUT2D eigenvalue weighted by atomic mass is 10.1. The van der Waals surface area contributed by atoms with Gasteiger partial charge in [0.15, 0.2) is 5.16 Å². The average molecular weight is 448 g/mol. The Bertz CT molecular complexity index is 886. The second kappa shape index (κ2) is 10.0. The number of ether oxygens (including phenoxy) is 2. The van der Waals surface area contributed by atoms with Crippen LogP contribution in [0.4, 0.5) is 4.79 Å². The number of amides is 2.